The van der Waals surface area contributed by atoms with Crippen molar-refractivity contribution < 1.29 is 5.11 Å². The van der Waals surface area contributed by atoms with Crippen LogP contribution in [0.25, 0.3) is 0 Å². The van der Waals surface area contributed by atoms with E-state index in [1.807, 2.05) is 5.38 Å². The third-order valence-corrected chi connectivity index (χ3v) is 3.51. The molecule has 2 atom stereocenters. The number of hydrogen-bond donors (Lipinski definition) is 2. The highest BCUT2D eigenvalue weighted by Gasteiger charge is 2.17. The second kappa shape index (κ2) is 4.38. The van der Waals surface area contributed by atoms with Gasteiger partial charge in [-0.05, 0) is 32.4 Å². The van der Waals surface area contributed by atoms with Gasteiger partial charge in [-0.15, -0.1) is 11.3 Å². The predicted molar refractivity (Wildman–Crippen MR) is 57.4 cm³/mol. The lowest BCUT2D eigenvalue weighted by atomic mass is 10.1. The Bertz CT molecular complexity index is 292. The number of aliphatic hydroxyl groups excluding tert-OH is 1. The van der Waals surface area contributed by atoms with Crippen LogP contribution in [0.3, 0.4) is 0 Å². The number of nitrogens with one attached hydrogen (secondary N) is 1. The fourth-order valence-corrected chi connectivity index (χ4v) is 2.74. The molecule has 3 nitrogen and oxygen atoms in total. The van der Waals surface area contributed by atoms with Crippen molar-refractivity contribution in [3.05, 3.63) is 16.1 Å². The van der Waals surface area contributed by atoms with Gasteiger partial charge in [-0.25, -0.2) is 4.98 Å². The van der Waals surface area contributed by atoms with Crippen LogP contribution in [0.1, 0.15) is 30.2 Å². The van der Waals surface area contributed by atoms with Crippen molar-refractivity contribution >= 4 is 11.3 Å². The average molecular weight is 212 g/mol. The lowest BCUT2D eigenvalue weighted by molar-refractivity contribution is 0.195. The Balaban J connectivity index is 1.95. The zero-order valence-corrected chi connectivity index (χ0v) is 9.18. The van der Waals surface area contributed by atoms with Crippen LogP contribution in [-0.4, -0.2) is 23.2 Å². The highest BCUT2D eigenvalue weighted by molar-refractivity contribution is 7.09. The summed E-state index contributed by atoms with van der Waals surface area (Å²) in [5, 5.41) is 15.8. The quantitative estimate of drug-likeness (QED) is 0.795. The fraction of sp³-hybridized carbons (Fsp3) is 0.700. The van der Waals surface area contributed by atoms with Gasteiger partial charge in [-0.3, -0.25) is 0 Å². The summed E-state index contributed by atoms with van der Waals surface area (Å²) in [6.07, 6.45) is 1.88. The molecule has 2 N–H and O–H groups in total. The van der Waals surface area contributed by atoms with E-state index in [0.717, 1.165) is 36.1 Å². The lowest BCUT2D eigenvalue weighted by Gasteiger charge is -2.04. The van der Waals surface area contributed by atoms with Crippen LogP contribution < -0.4 is 5.32 Å². The second-order valence-electron chi connectivity index (χ2n) is 3.91. The van der Waals surface area contributed by atoms with Crippen LogP contribution in [0.2, 0.25) is 0 Å². The van der Waals surface area contributed by atoms with E-state index in [0.29, 0.717) is 0 Å². The molecule has 4 heteroatoms. The fourth-order valence-electron chi connectivity index (χ4n) is 1.75. The van der Waals surface area contributed by atoms with Gasteiger partial charge in [0.1, 0.15) is 0 Å². The third kappa shape index (κ3) is 2.32. The molecule has 2 heterocycles. The van der Waals surface area contributed by atoms with Crippen molar-refractivity contribution in [1.82, 2.24) is 10.3 Å². The molecule has 0 bridgehead atoms. The Labute approximate surface area is 88.2 Å². The summed E-state index contributed by atoms with van der Waals surface area (Å²) < 4.78 is 0. The average Bonchev–Trinajstić information content (AvgIpc) is 2.75. The highest BCUT2D eigenvalue weighted by Crippen LogP contribution is 2.21. The zero-order chi connectivity index (χ0) is 9.97. The summed E-state index contributed by atoms with van der Waals surface area (Å²) in [7, 11) is 0. The Morgan fingerprint density at radius 1 is 1.79 bits per heavy atom. The van der Waals surface area contributed by atoms with Gasteiger partial charge in [0.2, 0.25) is 0 Å². The standard InChI is InChI=1S/C10H16N2OS/c1-7(13)9-6-14-10(12-9)4-8-2-3-11-5-8/h6-8,11,13H,2-5H2,1H3. The first-order chi connectivity index (χ1) is 6.75. The molecule has 1 aliphatic rings. The monoisotopic (exact) mass is 212 g/mol. The van der Waals surface area contributed by atoms with Crippen molar-refractivity contribution in [2.24, 2.45) is 5.92 Å². The first-order valence-electron chi connectivity index (χ1n) is 5.09. The van der Waals surface area contributed by atoms with Crippen LogP contribution in [-0.2, 0) is 6.42 Å². The van der Waals surface area contributed by atoms with E-state index in [-0.39, 0.29) is 0 Å². The minimum Gasteiger partial charge on any atom is -0.387 e. The Morgan fingerprint density at radius 3 is 3.21 bits per heavy atom. The first kappa shape index (κ1) is 10.1. The maximum atomic E-state index is 9.33. The first-order valence-corrected chi connectivity index (χ1v) is 5.96. The number of thiazole rings is 1. The summed E-state index contributed by atoms with van der Waals surface area (Å²) in [5.74, 6) is 0.739. The molecule has 0 saturated carbocycles. The van der Waals surface area contributed by atoms with E-state index >= 15 is 0 Å². The maximum Gasteiger partial charge on any atom is 0.0940 e. The highest BCUT2D eigenvalue weighted by atomic mass is 32.1. The summed E-state index contributed by atoms with van der Waals surface area (Å²) in [6, 6.07) is 0. The Kier molecular flexibility index (Phi) is 3.15. The number of rotatable bonds is 3. The van der Waals surface area contributed by atoms with Gasteiger partial charge in [0.05, 0.1) is 16.8 Å². The maximum absolute atomic E-state index is 9.33. The van der Waals surface area contributed by atoms with Crippen LogP contribution in [0.4, 0.5) is 0 Å². The minimum absolute atomic E-state index is 0.429. The number of aromatic nitrogens is 1. The molecule has 1 aliphatic heterocycles. The van der Waals surface area contributed by atoms with Crippen molar-refractivity contribution in [3.63, 3.8) is 0 Å². The van der Waals surface area contributed by atoms with Gasteiger partial charge in [-0.1, -0.05) is 0 Å². The molecule has 0 aromatic carbocycles. The molecule has 1 saturated heterocycles. The molecule has 0 radical (unpaired) electrons. The molecular formula is C10H16N2OS. The van der Waals surface area contributed by atoms with Gasteiger partial charge < -0.3 is 10.4 Å². The molecule has 0 amide bonds. The molecule has 14 heavy (non-hydrogen) atoms. The van der Waals surface area contributed by atoms with E-state index in [4.69, 9.17) is 0 Å². The second-order valence-corrected chi connectivity index (χ2v) is 4.85. The lowest BCUT2D eigenvalue weighted by Crippen LogP contribution is -2.10. The van der Waals surface area contributed by atoms with Crippen molar-refractivity contribution in [2.75, 3.05) is 13.1 Å². The Hall–Kier alpha value is -0.450. The number of nitrogens with zero attached hydrogens (tertiary/aromatic N) is 1. The molecule has 2 rings (SSSR count). The SMILES string of the molecule is CC(O)c1csc(CC2CCNC2)n1. The van der Waals surface area contributed by atoms with Crippen LogP contribution in [0, 0.1) is 5.92 Å². The number of hydrogen-bond acceptors (Lipinski definition) is 4. The van der Waals surface area contributed by atoms with Crippen molar-refractivity contribution in [2.45, 2.75) is 25.9 Å². The van der Waals surface area contributed by atoms with Crippen LogP contribution in [0.15, 0.2) is 5.38 Å². The summed E-state index contributed by atoms with van der Waals surface area (Å²) >= 11 is 1.67. The van der Waals surface area contributed by atoms with Crippen LogP contribution in [0.5, 0.6) is 0 Å². The number of aliphatic hydroxyl groups is 1. The summed E-state index contributed by atoms with van der Waals surface area (Å²) in [4.78, 5) is 4.41. The van der Waals surface area contributed by atoms with Gasteiger partial charge in [0.15, 0.2) is 0 Å². The largest absolute Gasteiger partial charge is 0.387 e. The van der Waals surface area contributed by atoms with Gasteiger partial charge in [0.25, 0.3) is 0 Å². The minimum atomic E-state index is -0.429. The smallest absolute Gasteiger partial charge is 0.0940 e. The molecule has 1 aromatic rings. The molecule has 1 aromatic heterocycles. The molecule has 0 spiro atoms. The summed E-state index contributed by atoms with van der Waals surface area (Å²) in [6.45, 7) is 4.01. The molecule has 78 valence electrons. The van der Waals surface area contributed by atoms with Crippen molar-refractivity contribution in [3.8, 4) is 0 Å². The van der Waals surface area contributed by atoms with Gasteiger partial charge in [-0.2, -0.15) is 0 Å². The Morgan fingerprint density at radius 2 is 2.64 bits per heavy atom. The molecule has 2 unspecified atom stereocenters. The van der Waals surface area contributed by atoms with E-state index < -0.39 is 6.10 Å². The molecular weight excluding hydrogens is 196 g/mol. The van der Waals surface area contributed by atoms with Gasteiger partial charge in [0, 0.05) is 11.8 Å². The van der Waals surface area contributed by atoms with Crippen LogP contribution >= 0.6 is 11.3 Å². The normalized spacial score (nSPS) is 24.0. The molecule has 0 aliphatic carbocycles. The van der Waals surface area contributed by atoms with Crippen molar-refractivity contribution in [1.29, 1.82) is 0 Å². The third-order valence-electron chi connectivity index (χ3n) is 2.62. The molecule has 1 fully saturated rings. The van der Waals surface area contributed by atoms with E-state index in [1.54, 1.807) is 18.3 Å². The van der Waals surface area contributed by atoms with E-state index in [1.165, 1.54) is 6.42 Å². The van der Waals surface area contributed by atoms with E-state index in [2.05, 4.69) is 10.3 Å². The predicted octanol–water partition coefficient (Wildman–Crippen LogP) is 1.35. The topological polar surface area (TPSA) is 45.1 Å². The van der Waals surface area contributed by atoms with Gasteiger partial charge >= 0.3 is 0 Å². The summed E-state index contributed by atoms with van der Waals surface area (Å²) in [5.41, 5.74) is 0.816. The van der Waals surface area contributed by atoms with E-state index in [9.17, 15) is 5.11 Å². The zero-order valence-electron chi connectivity index (χ0n) is 8.36.